The predicted octanol–water partition coefficient (Wildman–Crippen LogP) is 3.30. The van der Waals surface area contributed by atoms with Gasteiger partial charge in [0.2, 0.25) is 11.8 Å². The van der Waals surface area contributed by atoms with Gasteiger partial charge in [0, 0.05) is 23.9 Å². The van der Waals surface area contributed by atoms with Crippen molar-refractivity contribution in [2.75, 3.05) is 18.5 Å². The smallest absolute Gasteiger partial charge is 0.243 e. The van der Waals surface area contributed by atoms with Gasteiger partial charge in [0.1, 0.15) is 18.0 Å². The third-order valence-corrected chi connectivity index (χ3v) is 5.68. The normalized spacial score (nSPS) is 16.0. The number of nitrogens with zero attached hydrogens (tertiary/aromatic N) is 2. The molecular formula is C27H27FN4O2. The molecule has 2 amide bonds. The molecule has 6 nitrogen and oxygen atoms in total. The maximum Gasteiger partial charge on any atom is 0.243 e. The van der Waals surface area contributed by atoms with Crippen LogP contribution in [-0.4, -0.2) is 43.3 Å². The van der Waals surface area contributed by atoms with Crippen LogP contribution in [0.2, 0.25) is 0 Å². The second kappa shape index (κ2) is 10.3. The molecule has 0 saturated heterocycles. The first-order valence-corrected chi connectivity index (χ1v) is 11.2. The fourth-order valence-corrected chi connectivity index (χ4v) is 4.01. The van der Waals surface area contributed by atoms with Crippen LogP contribution in [0.4, 0.5) is 10.1 Å². The minimum absolute atomic E-state index is 0.00678. The van der Waals surface area contributed by atoms with Crippen molar-refractivity contribution in [3.05, 3.63) is 101 Å². The van der Waals surface area contributed by atoms with Gasteiger partial charge in [-0.2, -0.15) is 0 Å². The molecular weight excluding hydrogens is 431 g/mol. The van der Waals surface area contributed by atoms with Crippen molar-refractivity contribution < 1.29 is 14.0 Å². The first kappa shape index (κ1) is 23.2. The van der Waals surface area contributed by atoms with Crippen LogP contribution in [0, 0.1) is 5.82 Å². The number of fused-ring (bicyclic) bond motifs is 1. The van der Waals surface area contributed by atoms with Crippen LogP contribution >= 0.6 is 0 Å². The minimum Gasteiger partial charge on any atom is -0.370 e. The lowest BCUT2D eigenvalue weighted by Gasteiger charge is -2.24. The van der Waals surface area contributed by atoms with Crippen molar-refractivity contribution >= 4 is 23.2 Å². The number of nitrogens with one attached hydrogen (secondary N) is 2. The second-order valence-corrected chi connectivity index (χ2v) is 8.36. The molecule has 1 unspecified atom stereocenters. The Bertz CT molecular complexity index is 1210. The van der Waals surface area contributed by atoms with Crippen molar-refractivity contribution in [3.63, 3.8) is 0 Å². The van der Waals surface area contributed by atoms with E-state index >= 15 is 0 Å². The lowest BCUT2D eigenvalue weighted by molar-refractivity contribution is -0.128. The Hall–Kier alpha value is -4.00. The minimum atomic E-state index is -0.771. The number of hydrogen-bond acceptors (Lipinski definition) is 4. The first-order valence-electron chi connectivity index (χ1n) is 11.2. The third-order valence-electron chi connectivity index (χ3n) is 5.68. The van der Waals surface area contributed by atoms with Gasteiger partial charge in [-0.05, 0) is 30.7 Å². The van der Waals surface area contributed by atoms with Crippen LogP contribution in [0.15, 0.2) is 83.9 Å². The number of anilines is 1. The van der Waals surface area contributed by atoms with E-state index in [1.807, 2.05) is 61.6 Å². The highest BCUT2D eigenvalue weighted by molar-refractivity contribution is 6.16. The Morgan fingerprint density at radius 3 is 2.56 bits per heavy atom. The monoisotopic (exact) mass is 458 g/mol. The number of benzodiazepines with no additional fused rings is 1. The lowest BCUT2D eigenvalue weighted by atomic mass is 10.0. The van der Waals surface area contributed by atoms with Crippen molar-refractivity contribution in [1.82, 2.24) is 10.6 Å². The predicted molar refractivity (Wildman–Crippen MR) is 131 cm³/mol. The molecule has 1 heterocycles. The summed E-state index contributed by atoms with van der Waals surface area (Å²) in [5.41, 5.74) is 4.32. The molecule has 0 radical (unpaired) electrons. The Balaban J connectivity index is 1.49. The van der Waals surface area contributed by atoms with Crippen molar-refractivity contribution in [2.45, 2.75) is 25.6 Å². The number of halogens is 1. The van der Waals surface area contributed by atoms with E-state index in [9.17, 15) is 14.0 Å². The number of carbonyl (C=O) groups excluding carboxylic acids is 2. The molecule has 4 rings (SSSR count). The summed E-state index contributed by atoms with van der Waals surface area (Å²) in [7, 11) is 1.96. The number of benzene rings is 3. The van der Waals surface area contributed by atoms with E-state index in [-0.39, 0.29) is 18.2 Å². The fourth-order valence-electron chi connectivity index (χ4n) is 4.01. The van der Waals surface area contributed by atoms with Gasteiger partial charge in [-0.15, -0.1) is 0 Å². The molecule has 0 spiro atoms. The van der Waals surface area contributed by atoms with Crippen LogP contribution in [0.1, 0.15) is 23.6 Å². The zero-order valence-electron chi connectivity index (χ0n) is 19.2. The molecule has 0 fully saturated rings. The molecule has 0 saturated carbocycles. The van der Waals surface area contributed by atoms with E-state index in [0.717, 1.165) is 22.5 Å². The number of aliphatic imine (C=N–C) groups is 1. The summed E-state index contributed by atoms with van der Waals surface area (Å²) in [5, 5.41) is 5.65. The fraction of sp³-hybridized carbons (Fsp3) is 0.222. The van der Waals surface area contributed by atoms with Gasteiger partial charge in [0.15, 0.2) is 0 Å². The number of carbonyl (C=O) groups is 2. The summed E-state index contributed by atoms with van der Waals surface area (Å²) >= 11 is 0. The molecule has 2 N–H and O–H groups in total. The highest BCUT2D eigenvalue weighted by Crippen LogP contribution is 2.26. The van der Waals surface area contributed by atoms with Gasteiger partial charge in [-0.1, -0.05) is 60.7 Å². The second-order valence-electron chi connectivity index (χ2n) is 8.36. The summed E-state index contributed by atoms with van der Waals surface area (Å²) in [4.78, 5) is 32.3. The zero-order chi connectivity index (χ0) is 24.1. The highest BCUT2D eigenvalue weighted by atomic mass is 19.1. The SMILES string of the molecule is CC(NC(=O)Cc1cccc(F)c1)C(=O)N[C@@H]1CN(C)c2ccccc2C(c2ccccc2)=N1. The van der Waals surface area contributed by atoms with E-state index in [1.54, 1.807) is 19.1 Å². The number of rotatable bonds is 6. The Labute approximate surface area is 198 Å². The van der Waals surface area contributed by atoms with Gasteiger partial charge < -0.3 is 15.5 Å². The average molecular weight is 459 g/mol. The van der Waals surface area contributed by atoms with Crippen LogP contribution in [0.25, 0.3) is 0 Å². The van der Waals surface area contributed by atoms with Gasteiger partial charge in [0.05, 0.1) is 18.7 Å². The van der Waals surface area contributed by atoms with Crippen LogP contribution in [0.3, 0.4) is 0 Å². The molecule has 3 aromatic carbocycles. The number of amides is 2. The Morgan fingerprint density at radius 2 is 1.79 bits per heavy atom. The van der Waals surface area contributed by atoms with Crippen LogP contribution in [-0.2, 0) is 16.0 Å². The molecule has 1 aliphatic heterocycles. The number of para-hydroxylation sites is 1. The van der Waals surface area contributed by atoms with E-state index in [1.165, 1.54) is 12.1 Å². The van der Waals surface area contributed by atoms with Gasteiger partial charge in [-0.25, -0.2) is 4.39 Å². The molecule has 1 aliphatic rings. The lowest BCUT2D eigenvalue weighted by Crippen LogP contribution is -2.50. The molecule has 174 valence electrons. The van der Waals surface area contributed by atoms with Crippen LogP contribution in [0.5, 0.6) is 0 Å². The van der Waals surface area contributed by atoms with Crippen LogP contribution < -0.4 is 15.5 Å². The van der Waals surface area contributed by atoms with E-state index < -0.39 is 18.0 Å². The van der Waals surface area contributed by atoms with Crippen molar-refractivity contribution in [1.29, 1.82) is 0 Å². The molecule has 0 aliphatic carbocycles. The first-order chi connectivity index (χ1) is 16.4. The summed E-state index contributed by atoms with van der Waals surface area (Å²) in [6.45, 7) is 2.10. The van der Waals surface area contributed by atoms with Gasteiger partial charge >= 0.3 is 0 Å². The van der Waals surface area contributed by atoms with Gasteiger partial charge in [0.25, 0.3) is 0 Å². The quantitative estimate of drug-likeness (QED) is 0.595. The largest absolute Gasteiger partial charge is 0.370 e. The highest BCUT2D eigenvalue weighted by Gasteiger charge is 2.25. The standard InChI is InChI=1S/C27H27FN4O2/c1-18(29-25(33)16-19-9-8-12-21(28)15-19)27(34)31-24-17-32(2)23-14-7-6-13-22(23)26(30-24)20-10-4-3-5-11-20/h3-15,18,24H,16-17H2,1-2H3,(H,29,33)(H,31,34)/t18?,24-/m1/s1. The van der Waals surface area contributed by atoms with E-state index in [2.05, 4.69) is 15.5 Å². The molecule has 34 heavy (non-hydrogen) atoms. The summed E-state index contributed by atoms with van der Waals surface area (Å²) < 4.78 is 13.4. The maximum absolute atomic E-state index is 13.4. The van der Waals surface area contributed by atoms with E-state index in [4.69, 9.17) is 4.99 Å². The van der Waals surface area contributed by atoms with E-state index in [0.29, 0.717) is 12.1 Å². The molecule has 0 aromatic heterocycles. The molecule has 2 atom stereocenters. The number of likely N-dealkylation sites (N-methyl/N-ethyl adjacent to an activating group) is 1. The number of hydrogen-bond donors (Lipinski definition) is 2. The van der Waals surface area contributed by atoms with Crippen molar-refractivity contribution in [2.24, 2.45) is 4.99 Å². The summed E-state index contributed by atoms with van der Waals surface area (Å²) in [6, 6.07) is 23.0. The molecule has 3 aromatic rings. The summed E-state index contributed by atoms with van der Waals surface area (Å²) in [6.07, 6.45) is -0.518. The third kappa shape index (κ3) is 5.49. The molecule has 0 bridgehead atoms. The maximum atomic E-state index is 13.4. The van der Waals surface area contributed by atoms with Crippen molar-refractivity contribution in [3.8, 4) is 0 Å². The Morgan fingerprint density at radius 1 is 1.06 bits per heavy atom. The summed E-state index contributed by atoms with van der Waals surface area (Å²) in [5.74, 6) is -1.10. The zero-order valence-corrected chi connectivity index (χ0v) is 19.2. The topological polar surface area (TPSA) is 73.8 Å². The average Bonchev–Trinajstić information content (AvgIpc) is 2.96. The molecule has 7 heteroatoms. The Kier molecular flexibility index (Phi) is 7.01. The van der Waals surface area contributed by atoms with Gasteiger partial charge in [-0.3, -0.25) is 14.6 Å².